The maximum Gasteiger partial charge on any atom is 0.187 e. The molecule has 628 valence electrons. The lowest BCUT2D eigenvalue weighted by molar-refractivity contribution is 0.592. The van der Waals surface area contributed by atoms with Crippen molar-refractivity contribution in [2.75, 3.05) is 0 Å². The molecule has 0 radical (unpaired) electrons. The van der Waals surface area contributed by atoms with Gasteiger partial charge in [-0.3, -0.25) is 9.97 Å². The zero-order valence-corrected chi connectivity index (χ0v) is 74.2. The van der Waals surface area contributed by atoms with Crippen LogP contribution in [0.25, 0.3) is 266 Å². The Hall–Kier alpha value is -17.8. The third-order valence-electron chi connectivity index (χ3n) is 28.4. The lowest BCUT2D eigenvalue weighted by Gasteiger charge is -2.21. The van der Waals surface area contributed by atoms with E-state index in [-0.39, 0.29) is 0 Å². The van der Waals surface area contributed by atoms with Crippen LogP contribution in [0.2, 0.25) is 0 Å². The highest BCUT2D eigenvalue weighted by atomic mass is 31.2. The van der Waals surface area contributed by atoms with Crippen LogP contribution in [-0.4, -0.2) is 24.9 Å². The minimum atomic E-state index is -3.28. The van der Waals surface area contributed by atoms with Crippen LogP contribution < -0.4 is 15.9 Å². The van der Waals surface area contributed by atoms with Gasteiger partial charge in [-0.1, -0.05) is 382 Å². The molecule has 0 fully saturated rings. The predicted octanol–water partition coefficient (Wildman–Crippen LogP) is 33.3. The van der Waals surface area contributed by atoms with E-state index in [1.165, 1.54) is 168 Å². The van der Waals surface area contributed by atoms with Crippen LogP contribution in [0.4, 0.5) is 5.69 Å². The van der Waals surface area contributed by atoms with Crippen molar-refractivity contribution in [1.82, 2.24) is 24.9 Å². The van der Waals surface area contributed by atoms with Gasteiger partial charge in [-0.2, -0.15) is 0 Å². The van der Waals surface area contributed by atoms with E-state index in [0.717, 1.165) is 104 Å². The molecular weight excluding hydrogens is 1670 g/mol. The monoisotopic (exact) mass is 1740 g/mol. The first-order chi connectivity index (χ1) is 67.3. The van der Waals surface area contributed by atoms with Gasteiger partial charge < -0.3 is 4.57 Å². The molecule has 0 bridgehead atoms. The molecule has 0 aliphatic carbocycles. The third kappa shape index (κ3) is 12.2. The number of para-hydroxylation sites is 3. The van der Waals surface area contributed by atoms with Crippen molar-refractivity contribution in [1.29, 1.82) is 0 Å². The molecule has 136 heavy (non-hydrogen) atoms. The van der Waals surface area contributed by atoms with Crippen LogP contribution in [0, 0.1) is 6.57 Å². The first-order valence-electron chi connectivity index (χ1n) is 46.1. The highest BCUT2D eigenvalue weighted by molar-refractivity contribution is 7.85. The van der Waals surface area contributed by atoms with Crippen molar-refractivity contribution in [3.8, 4) is 67.3 Å². The topological polar surface area (TPSA) is 85.9 Å². The predicted molar refractivity (Wildman–Crippen MR) is 575 cm³/mol. The van der Waals surface area contributed by atoms with Crippen molar-refractivity contribution in [2.24, 2.45) is 0 Å². The van der Waals surface area contributed by atoms with E-state index >= 15 is 4.57 Å². The summed E-state index contributed by atoms with van der Waals surface area (Å²) in [7, 11) is -3.28. The summed E-state index contributed by atoms with van der Waals surface area (Å²) in [4.78, 5) is 28.9. The molecule has 0 saturated heterocycles. The molecule has 0 atom stereocenters. The summed E-state index contributed by atoms with van der Waals surface area (Å²) in [6.45, 7) is 7.43. The summed E-state index contributed by atoms with van der Waals surface area (Å²) in [5, 5.41) is 42.8. The van der Waals surface area contributed by atoms with Crippen LogP contribution in [0.5, 0.6) is 0 Å². The largest absolute Gasteiger partial charge is 0.309 e. The molecule has 0 unspecified atom stereocenters. The first kappa shape index (κ1) is 78.1. The molecule has 0 amide bonds. The second kappa shape index (κ2) is 31.2. The van der Waals surface area contributed by atoms with Gasteiger partial charge in [-0.25, -0.2) is 19.8 Å². The molecule has 24 aromatic carbocycles. The molecule has 29 rings (SSSR count). The second-order valence-corrected chi connectivity index (χ2v) is 38.4. The van der Waals surface area contributed by atoms with E-state index in [1.54, 1.807) is 6.20 Å². The molecule has 8 heteroatoms. The van der Waals surface area contributed by atoms with Crippen molar-refractivity contribution >= 4 is 223 Å². The average Bonchev–Trinajstić information content (AvgIpc) is 0.734. The van der Waals surface area contributed by atoms with Gasteiger partial charge in [0.25, 0.3) is 0 Å². The highest BCUT2D eigenvalue weighted by Gasteiger charge is 2.32. The van der Waals surface area contributed by atoms with Crippen molar-refractivity contribution in [3.63, 3.8) is 0 Å². The fraction of sp³-hybridized carbons (Fsp3) is 0. The summed E-state index contributed by atoms with van der Waals surface area (Å²) >= 11 is 0. The number of aromatic nitrogens is 5. The standard InChI is InChI=1S/C50H31N2OP.C40H22N2.C38H22N2/c53-54(36-14-3-1-4-15-36,37-16-5-2-6-17-37)38-28-35(30-51-31-38)50-45-29-44(39-18-7-8-19-41(39)49(45)43-20-9-10-21-46(43)52-50)40-26-24-34-23-22-32-12-11-13-33-25-27-42(40)48(34)47(32)33;1-41-28-19-15-27(16-20-28)40-35-23-34(29-9-2-3-10-31(29)39(35)33-11-4-5-12-36(33)42-40)30-21-17-26-14-13-24-7-6-8-25-18-22-32(30)38(26)37(24)25;1-2-11-28-26(10-1)31(27-19-17-25-16-15-23-8-7-9-24-18-20-29(27)36(25)35(23)24)22-32-37(28)30-12-3-4-13-33(30)40-38(32)34-14-5-6-21-39-34/h1-31H;2-23H;1-22H. The summed E-state index contributed by atoms with van der Waals surface area (Å²) in [5.41, 5.74) is 16.1. The quantitative estimate of drug-likeness (QED) is 0.0813. The Morgan fingerprint density at radius 2 is 0.537 bits per heavy atom. The van der Waals surface area contributed by atoms with Crippen LogP contribution in [-0.2, 0) is 4.57 Å². The molecule has 0 N–H and O–H groups in total. The molecule has 29 aromatic rings. The minimum absolute atomic E-state index is 0.628. The smallest absolute Gasteiger partial charge is 0.187 e. The summed E-state index contributed by atoms with van der Waals surface area (Å²) in [6, 6.07) is 155. The fourth-order valence-electron chi connectivity index (χ4n) is 22.3. The number of fused-ring (bicyclic) bond motifs is 15. The number of hydrogen-bond donors (Lipinski definition) is 0. The fourth-order valence-corrected chi connectivity index (χ4v) is 24.9. The molecule has 0 saturated carbocycles. The van der Waals surface area contributed by atoms with E-state index in [9.17, 15) is 0 Å². The summed E-state index contributed by atoms with van der Waals surface area (Å²) < 4.78 is 15.5. The highest BCUT2D eigenvalue weighted by Crippen LogP contribution is 2.52. The normalized spacial score (nSPS) is 12.0. The number of nitrogens with zero attached hydrogens (tertiary/aromatic N) is 6. The Morgan fingerprint density at radius 1 is 0.213 bits per heavy atom. The molecule has 5 aromatic heterocycles. The summed E-state index contributed by atoms with van der Waals surface area (Å²) in [5.74, 6) is 0. The van der Waals surface area contributed by atoms with E-state index in [0.29, 0.717) is 11.0 Å². The van der Waals surface area contributed by atoms with Gasteiger partial charge in [-0.05, 0) is 223 Å². The lowest BCUT2D eigenvalue weighted by Crippen LogP contribution is -2.25. The van der Waals surface area contributed by atoms with Gasteiger partial charge in [0.1, 0.15) is 0 Å². The first-order valence-corrected chi connectivity index (χ1v) is 47.8. The number of hydrogen-bond acceptors (Lipinski definition) is 6. The van der Waals surface area contributed by atoms with Crippen LogP contribution in [0.3, 0.4) is 0 Å². The van der Waals surface area contributed by atoms with E-state index in [1.807, 2.05) is 122 Å². The molecule has 0 spiro atoms. The Bertz CT molecular complexity index is 10000. The maximum atomic E-state index is 15.5. The Kier molecular flexibility index (Phi) is 17.9. The average molecular weight is 1740 g/mol. The number of rotatable bonds is 9. The zero-order chi connectivity index (χ0) is 89.8. The lowest BCUT2D eigenvalue weighted by atomic mass is 9.86. The molecule has 0 aliphatic rings. The maximum absolute atomic E-state index is 15.5. The molecule has 5 heterocycles. The SMILES string of the molecule is O=P(c1ccccc1)(c1ccccc1)c1cncc(-c2nc3ccccc3c3c2cc(-c2ccc4ccc5cccc6ccc2c4c56)c2ccccc23)c1.[C-]#[N+]c1ccc(-c2nc3ccccc3c3c2cc(-c2ccc4ccc5cccc6ccc2c4c56)c2ccccc23)cc1.c1ccc(-c2nc3ccccc3c3c2cc(-c2ccc4ccc5cccc6ccc2c4c56)c2ccccc23)nc1. The molecule has 7 nitrogen and oxygen atoms in total. The van der Waals surface area contributed by atoms with Gasteiger partial charge in [0.15, 0.2) is 12.8 Å². The van der Waals surface area contributed by atoms with Crippen LogP contribution in [0.1, 0.15) is 0 Å². The van der Waals surface area contributed by atoms with E-state index < -0.39 is 7.14 Å². The van der Waals surface area contributed by atoms with Crippen molar-refractivity contribution < 1.29 is 4.57 Å². The Labute approximate surface area is 781 Å². The van der Waals surface area contributed by atoms with Crippen molar-refractivity contribution in [3.05, 3.63) is 467 Å². The molecule has 0 aliphatic heterocycles. The van der Waals surface area contributed by atoms with Gasteiger partial charge in [0.2, 0.25) is 0 Å². The van der Waals surface area contributed by atoms with Gasteiger partial charge in [-0.15, -0.1) is 0 Å². The van der Waals surface area contributed by atoms with Gasteiger partial charge in [0, 0.05) is 88.5 Å². The summed E-state index contributed by atoms with van der Waals surface area (Å²) in [6.07, 6.45) is 5.48. The van der Waals surface area contributed by atoms with Crippen LogP contribution in [0.15, 0.2) is 455 Å². The minimum Gasteiger partial charge on any atom is -0.309 e. The Balaban J connectivity index is 0.000000105. The molecular formula is C128H75N6OP. The van der Waals surface area contributed by atoms with Crippen molar-refractivity contribution in [2.45, 2.75) is 0 Å². The number of pyridine rings is 5. The zero-order valence-electron chi connectivity index (χ0n) is 73.3. The van der Waals surface area contributed by atoms with E-state index in [4.69, 9.17) is 31.5 Å². The number of benzene rings is 24. The van der Waals surface area contributed by atoms with E-state index in [2.05, 4.69) is 332 Å². The van der Waals surface area contributed by atoms with Gasteiger partial charge >= 0.3 is 0 Å². The van der Waals surface area contributed by atoms with Gasteiger partial charge in [0.05, 0.1) is 45.9 Å². The van der Waals surface area contributed by atoms with Crippen LogP contribution >= 0.6 is 7.14 Å². The Morgan fingerprint density at radius 3 is 0.919 bits per heavy atom. The second-order valence-electron chi connectivity index (χ2n) is 35.6. The third-order valence-corrected chi connectivity index (χ3v) is 31.4.